The molecule has 3 nitrogen and oxygen atoms in total. The number of amides is 1. The van der Waals surface area contributed by atoms with E-state index >= 15 is 0 Å². The molecule has 0 spiro atoms. The van der Waals surface area contributed by atoms with Crippen LogP contribution in [0, 0.1) is 11.8 Å². The van der Waals surface area contributed by atoms with Gasteiger partial charge in [0.25, 0.3) is 0 Å². The van der Waals surface area contributed by atoms with Crippen molar-refractivity contribution < 1.29 is 4.79 Å². The van der Waals surface area contributed by atoms with Gasteiger partial charge < -0.3 is 10.6 Å². The molecule has 2 unspecified atom stereocenters. The van der Waals surface area contributed by atoms with Crippen molar-refractivity contribution in [2.24, 2.45) is 17.6 Å². The predicted octanol–water partition coefficient (Wildman–Crippen LogP) is 2.40. The minimum Gasteiger partial charge on any atom is -0.338 e. The molecule has 1 amide bonds. The van der Waals surface area contributed by atoms with Crippen LogP contribution < -0.4 is 5.73 Å². The Kier molecular flexibility index (Phi) is 5.96. The lowest BCUT2D eigenvalue weighted by Gasteiger charge is -2.29. The maximum Gasteiger partial charge on any atom is 0.225 e. The SMILES string of the molecule is CCCC(CCC)C(=O)N1CCC(C)C1CN. The molecule has 17 heavy (non-hydrogen) atoms. The Balaban J connectivity index is 2.66. The number of carbonyl (C=O) groups is 1. The van der Waals surface area contributed by atoms with E-state index in [4.69, 9.17) is 5.73 Å². The second-order valence-electron chi connectivity index (χ2n) is 5.37. The highest BCUT2D eigenvalue weighted by Gasteiger charge is 2.35. The van der Waals surface area contributed by atoms with Crippen molar-refractivity contribution in [1.29, 1.82) is 0 Å². The number of rotatable bonds is 6. The predicted molar refractivity (Wildman–Crippen MR) is 71.6 cm³/mol. The third-order valence-electron chi connectivity index (χ3n) is 4.03. The van der Waals surface area contributed by atoms with Gasteiger partial charge in [0.15, 0.2) is 0 Å². The zero-order valence-corrected chi connectivity index (χ0v) is 11.6. The lowest BCUT2D eigenvalue weighted by Crippen LogP contribution is -2.44. The summed E-state index contributed by atoms with van der Waals surface area (Å²) in [5.74, 6) is 1.14. The number of nitrogens with zero attached hydrogens (tertiary/aromatic N) is 1. The van der Waals surface area contributed by atoms with Crippen LogP contribution in [-0.4, -0.2) is 29.9 Å². The Bertz CT molecular complexity index is 236. The molecule has 0 aliphatic carbocycles. The molecule has 1 heterocycles. The second-order valence-corrected chi connectivity index (χ2v) is 5.37. The Labute approximate surface area is 106 Å². The van der Waals surface area contributed by atoms with E-state index < -0.39 is 0 Å². The van der Waals surface area contributed by atoms with Gasteiger partial charge in [0, 0.05) is 25.0 Å². The van der Waals surface area contributed by atoms with Crippen molar-refractivity contribution in [2.75, 3.05) is 13.1 Å². The van der Waals surface area contributed by atoms with Crippen molar-refractivity contribution in [1.82, 2.24) is 4.90 Å². The maximum atomic E-state index is 12.5. The van der Waals surface area contributed by atoms with E-state index in [1.165, 1.54) is 0 Å². The fourth-order valence-corrected chi connectivity index (χ4v) is 2.96. The zero-order valence-electron chi connectivity index (χ0n) is 11.6. The molecule has 0 aromatic rings. The molecule has 1 fully saturated rings. The lowest BCUT2D eigenvalue weighted by molar-refractivity contribution is -0.137. The fourth-order valence-electron chi connectivity index (χ4n) is 2.96. The molecule has 1 rings (SSSR count). The highest BCUT2D eigenvalue weighted by atomic mass is 16.2. The number of carbonyl (C=O) groups excluding carboxylic acids is 1. The Morgan fingerprint density at radius 2 is 1.94 bits per heavy atom. The standard InChI is InChI=1S/C14H28N2O/c1-4-6-12(7-5-2)14(17)16-9-8-11(3)13(16)10-15/h11-13H,4-10,15H2,1-3H3. The Morgan fingerprint density at radius 3 is 2.41 bits per heavy atom. The van der Waals surface area contributed by atoms with Crippen LogP contribution in [0.25, 0.3) is 0 Å². The van der Waals surface area contributed by atoms with Gasteiger partial charge in [-0.2, -0.15) is 0 Å². The van der Waals surface area contributed by atoms with Crippen LogP contribution in [0.5, 0.6) is 0 Å². The van der Waals surface area contributed by atoms with Crippen molar-refractivity contribution in [3.63, 3.8) is 0 Å². The molecule has 0 bridgehead atoms. The Morgan fingerprint density at radius 1 is 1.35 bits per heavy atom. The molecule has 100 valence electrons. The monoisotopic (exact) mass is 240 g/mol. The molecular formula is C14H28N2O. The number of nitrogens with two attached hydrogens (primary N) is 1. The molecular weight excluding hydrogens is 212 g/mol. The average Bonchev–Trinajstić information content (AvgIpc) is 2.69. The van der Waals surface area contributed by atoms with Gasteiger partial charge >= 0.3 is 0 Å². The topological polar surface area (TPSA) is 46.3 Å². The van der Waals surface area contributed by atoms with Crippen LogP contribution in [0.4, 0.5) is 0 Å². The molecule has 0 aromatic heterocycles. The van der Waals surface area contributed by atoms with Gasteiger partial charge in [0.2, 0.25) is 5.91 Å². The molecule has 2 atom stereocenters. The van der Waals surface area contributed by atoms with Gasteiger partial charge in [-0.15, -0.1) is 0 Å². The van der Waals surface area contributed by atoms with Crippen LogP contribution in [0.3, 0.4) is 0 Å². The first-order valence-electron chi connectivity index (χ1n) is 7.16. The quantitative estimate of drug-likeness (QED) is 0.775. The van der Waals surface area contributed by atoms with Crippen LogP contribution in [0.15, 0.2) is 0 Å². The molecule has 0 saturated carbocycles. The van der Waals surface area contributed by atoms with E-state index in [0.717, 1.165) is 38.6 Å². The zero-order chi connectivity index (χ0) is 12.8. The summed E-state index contributed by atoms with van der Waals surface area (Å²) in [6.45, 7) is 8.04. The van der Waals surface area contributed by atoms with Crippen molar-refractivity contribution in [3.05, 3.63) is 0 Å². The summed E-state index contributed by atoms with van der Waals surface area (Å²) in [7, 11) is 0. The van der Waals surface area contributed by atoms with Gasteiger partial charge in [-0.3, -0.25) is 4.79 Å². The summed E-state index contributed by atoms with van der Waals surface area (Å²) >= 11 is 0. The molecule has 3 heteroatoms. The van der Waals surface area contributed by atoms with Crippen LogP contribution in [-0.2, 0) is 4.79 Å². The van der Waals surface area contributed by atoms with Crippen LogP contribution in [0.1, 0.15) is 52.9 Å². The maximum absolute atomic E-state index is 12.5. The second kappa shape index (κ2) is 7.00. The third kappa shape index (κ3) is 3.44. The summed E-state index contributed by atoms with van der Waals surface area (Å²) in [6, 6.07) is 0.277. The first kappa shape index (κ1) is 14.5. The minimum atomic E-state index is 0.226. The fraction of sp³-hybridized carbons (Fsp3) is 0.929. The first-order valence-corrected chi connectivity index (χ1v) is 7.16. The van der Waals surface area contributed by atoms with Crippen molar-refractivity contribution >= 4 is 5.91 Å². The highest BCUT2D eigenvalue weighted by Crippen LogP contribution is 2.27. The molecule has 1 saturated heterocycles. The molecule has 0 aromatic carbocycles. The highest BCUT2D eigenvalue weighted by molar-refractivity contribution is 5.79. The normalized spacial score (nSPS) is 24.6. The minimum absolute atomic E-state index is 0.226. The summed E-state index contributed by atoms with van der Waals surface area (Å²) in [6.07, 6.45) is 5.34. The van der Waals surface area contributed by atoms with Gasteiger partial charge in [0.1, 0.15) is 0 Å². The van der Waals surface area contributed by atoms with Crippen LogP contribution >= 0.6 is 0 Å². The van der Waals surface area contributed by atoms with E-state index in [1.807, 2.05) is 0 Å². The summed E-state index contributed by atoms with van der Waals surface area (Å²) in [5.41, 5.74) is 5.81. The number of likely N-dealkylation sites (tertiary alicyclic amines) is 1. The number of hydrogen-bond donors (Lipinski definition) is 1. The molecule has 1 aliphatic heterocycles. The van der Waals surface area contributed by atoms with E-state index in [-0.39, 0.29) is 12.0 Å². The average molecular weight is 240 g/mol. The van der Waals surface area contributed by atoms with E-state index in [9.17, 15) is 4.79 Å². The summed E-state index contributed by atoms with van der Waals surface area (Å²) < 4.78 is 0. The molecule has 0 radical (unpaired) electrons. The lowest BCUT2D eigenvalue weighted by atomic mass is 9.95. The number of hydrogen-bond acceptors (Lipinski definition) is 2. The van der Waals surface area contributed by atoms with E-state index in [2.05, 4.69) is 25.7 Å². The third-order valence-corrected chi connectivity index (χ3v) is 4.03. The van der Waals surface area contributed by atoms with Gasteiger partial charge in [0.05, 0.1) is 0 Å². The van der Waals surface area contributed by atoms with Crippen LogP contribution in [0.2, 0.25) is 0 Å². The summed E-state index contributed by atoms with van der Waals surface area (Å²) in [5, 5.41) is 0. The van der Waals surface area contributed by atoms with Crippen molar-refractivity contribution in [3.8, 4) is 0 Å². The Hall–Kier alpha value is -0.570. The largest absolute Gasteiger partial charge is 0.338 e. The van der Waals surface area contributed by atoms with Crippen molar-refractivity contribution in [2.45, 2.75) is 58.9 Å². The smallest absolute Gasteiger partial charge is 0.225 e. The summed E-state index contributed by atoms with van der Waals surface area (Å²) in [4.78, 5) is 14.6. The van der Waals surface area contributed by atoms with Gasteiger partial charge in [-0.1, -0.05) is 33.6 Å². The molecule has 2 N–H and O–H groups in total. The van der Waals surface area contributed by atoms with Gasteiger partial charge in [-0.25, -0.2) is 0 Å². The first-order chi connectivity index (χ1) is 8.15. The molecule has 1 aliphatic rings. The van der Waals surface area contributed by atoms with E-state index in [1.54, 1.807) is 0 Å². The van der Waals surface area contributed by atoms with Gasteiger partial charge in [-0.05, 0) is 25.2 Å². The van der Waals surface area contributed by atoms with E-state index in [0.29, 0.717) is 18.4 Å².